The molecule has 0 aromatic heterocycles. The van der Waals surface area contributed by atoms with Gasteiger partial charge in [-0.25, -0.2) is 4.39 Å². The maximum atomic E-state index is 14.3. The van der Waals surface area contributed by atoms with Gasteiger partial charge in [0.1, 0.15) is 11.6 Å². The summed E-state index contributed by atoms with van der Waals surface area (Å²) < 4.78 is 20.0. The van der Waals surface area contributed by atoms with E-state index in [2.05, 4.69) is 11.4 Å². The van der Waals surface area contributed by atoms with Crippen LogP contribution >= 0.6 is 11.6 Å². The maximum absolute atomic E-state index is 14.3. The molecule has 0 saturated heterocycles. The molecule has 2 unspecified atom stereocenters. The van der Waals surface area contributed by atoms with Crippen molar-refractivity contribution in [2.75, 3.05) is 13.7 Å². The summed E-state index contributed by atoms with van der Waals surface area (Å²) in [5, 5.41) is 3.67. The van der Waals surface area contributed by atoms with Crippen molar-refractivity contribution in [3.8, 4) is 5.75 Å². The van der Waals surface area contributed by atoms with Crippen LogP contribution in [0.2, 0.25) is 5.02 Å². The number of fused-ring (bicyclic) bond motifs is 1. The highest BCUT2D eigenvalue weighted by Gasteiger charge is 2.30. The Hall–Kier alpha value is -1.58. The minimum Gasteiger partial charge on any atom is -0.493 e. The van der Waals surface area contributed by atoms with E-state index >= 15 is 0 Å². The highest BCUT2D eigenvalue weighted by atomic mass is 35.5. The van der Waals surface area contributed by atoms with E-state index in [0.717, 1.165) is 17.7 Å². The number of benzene rings is 2. The summed E-state index contributed by atoms with van der Waals surface area (Å²) in [6.45, 7) is 0.648. The van der Waals surface area contributed by atoms with Crippen molar-refractivity contribution in [2.24, 2.45) is 0 Å². The van der Waals surface area contributed by atoms with Crippen LogP contribution in [0.1, 0.15) is 29.5 Å². The number of rotatable bonds is 3. The van der Waals surface area contributed by atoms with E-state index in [0.29, 0.717) is 17.2 Å². The quantitative estimate of drug-likeness (QED) is 0.912. The Morgan fingerprint density at radius 1 is 1.29 bits per heavy atom. The number of nitrogens with one attached hydrogen (secondary N) is 1. The first-order valence-corrected chi connectivity index (χ1v) is 7.42. The van der Waals surface area contributed by atoms with Gasteiger partial charge in [-0.15, -0.1) is 0 Å². The molecule has 0 amide bonds. The molecule has 0 fully saturated rings. The van der Waals surface area contributed by atoms with Gasteiger partial charge in [-0.2, -0.15) is 0 Å². The highest BCUT2D eigenvalue weighted by Crippen LogP contribution is 2.41. The van der Waals surface area contributed by atoms with Crippen LogP contribution in [0.5, 0.6) is 5.75 Å². The first kappa shape index (κ1) is 14.4. The molecule has 110 valence electrons. The fraction of sp³-hybridized carbons (Fsp3) is 0.294. The molecular formula is C17H17ClFNO. The summed E-state index contributed by atoms with van der Waals surface area (Å²) in [5.74, 6) is 0.796. The third-order valence-corrected chi connectivity index (χ3v) is 4.25. The summed E-state index contributed by atoms with van der Waals surface area (Å²) in [4.78, 5) is 0. The van der Waals surface area contributed by atoms with Gasteiger partial charge in [-0.3, -0.25) is 0 Å². The molecule has 1 aliphatic rings. The van der Waals surface area contributed by atoms with E-state index < -0.39 is 0 Å². The van der Waals surface area contributed by atoms with E-state index in [1.54, 1.807) is 12.1 Å². The second kappa shape index (κ2) is 6.04. The lowest BCUT2D eigenvalue weighted by molar-refractivity contribution is 0.247. The second-order valence-electron chi connectivity index (χ2n) is 5.21. The Bertz CT molecular complexity index is 646. The maximum Gasteiger partial charge on any atom is 0.129 e. The molecule has 1 aliphatic heterocycles. The molecular weight excluding hydrogens is 289 g/mol. The Labute approximate surface area is 128 Å². The van der Waals surface area contributed by atoms with Crippen molar-refractivity contribution in [1.82, 2.24) is 5.32 Å². The van der Waals surface area contributed by atoms with Gasteiger partial charge in [0.25, 0.3) is 0 Å². The lowest BCUT2D eigenvalue weighted by Gasteiger charge is -2.32. The van der Waals surface area contributed by atoms with Crippen LogP contribution in [-0.2, 0) is 0 Å². The molecule has 3 rings (SSSR count). The topological polar surface area (TPSA) is 21.3 Å². The molecule has 2 nitrogen and oxygen atoms in total. The van der Waals surface area contributed by atoms with E-state index in [1.165, 1.54) is 6.07 Å². The smallest absolute Gasteiger partial charge is 0.129 e. The van der Waals surface area contributed by atoms with Crippen LogP contribution in [0, 0.1) is 5.82 Å². The van der Waals surface area contributed by atoms with Crippen LogP contribution in [0.15, 0.2) is 42.5 Å². The normalized spacial score (nSPS) is 18.7. The summed E-state index contributed by atoms with van der Waals surface area (Å²) in [6, 6.07) is 12.7. The molecule has 1 N–H and O–H groups in total. The second-order valence-corrected chi connectivity index (χ2v) is 5.65. The molecule has 2 aromatic rings. The average molecular weight is 306 g/mol. The van der Waals surface area contributed by atoms with Crippen LogP contribution in [-0.4, -0.2) is 13.7 Å². The molecule has 21 heavy (non-hydrogen) atoms. The molecule has 1 heterocycles. The Morgan fingerprint density at radius 3 is 2.86 bits per heavy atom. The standard InChI is InChI=1S/C17H17ClFNO/c1-20-17(14-7-6-11(18)10-15(14)19)13-8-9-21-16-5-3-2-4-12(13)16/h2-7,10,13,17,20H,8-9H2,1H3. The van der Waals surface area contributed by atoms with Gasteiger partial charge < -0.3 is 10.1 Å². The largest absolute Gasteiger partial charge is 0.493 e. The summed E-state index contributed by atoms with van der Waals surface area (Å²) in [6.07, 6.45) is 0.852. The first-order chi connectivity index (χ1) is 10.2. The number of hydrogen-bond donors (Lipinski definition) is 1. The third-order valence-electron chi connectivity index (χ3n) is 4.02. The molecule has 0 bridgehead atoms. The Balaban J connectivity index is 2.01. The summed E-state index contributed by atoms with van der Waals surface area (Å²) in [5.41, 5.74) is 1.76. The van der Waals surface area contributed by atoms with Crippen LogP contribution in [0.4, 0.5) is 4.39 Å². The van der Waals surface area contributed by atoms with Gasteiger partial charge in [-0.1, -0.05) is 35.9 Å². The van der Waals surface area contributed by atoms with Crippen molar-refractivity contribution < 1.29 is 9.13 Å². The zero-order valence-electron chi connectivity index (χ0n) is 11.8. The predicted molar refractivity (Wildman–Crippen MR) is 82.5 cm³/mol. The van der Waals surface area contributed by atoms with Gasteiger partial charge in [-0.05, 0) is 37.2 Å². The molecule has 2 atom stereocenters. The van der Waals surface area contributed by atoms with Gasteiger partial charge in [0.05, 0.1) is 6.61 Å². The van der Waals surface area contributed by atoms with E-state index in [9.17, 15) is 4.39 Å². The van der Waals surface area contributed by atoms with E-state index in [-0.39, 0.29) is 17.8 Å². The minimum atomic E-state index is -0.272. The number of likely N-dealkylation sites (N-methyl/N-ethyl adjacent to an activating group) is 1. The van der Waals surface area contributed by atoms with E-state index in [4.69, 9.17) is 16.3 Å². The van der Waals surface area contributed by atoms with E-state index in [1.807, 2.05) is 25.2 Å². The van der Waals surface area contributed by atoms with Crippen LogP contribution in [0.25, 0.3) is 0 Å². The number of para-hydroxylation sites is 1. The van der Waals surface area contributed by atoms with Crippen molar-refractivity contribution in [3.05, 3.63) is 64.4 Å². The van der Waals surface area contributed by atoms with Crippen molar-refractivity contribution in [1.29, 1.82) is 0 Å². The minimum absolute atomic E-state index is 0.104. The highest BCUT2D eigenvalue weighted by molar-refractivity contribution is 6.30. The fourth-order valence-electron chi connectivity index (χ4n) is 3.04. The van der Waals surface area contributed by atoms with Crippen molar-refractivity contribution >= 4 is 11.6 Å². The molecule has 2 aromatic carbocycles. The zero-order chi connectivity index (χ0) is 14.8. The molecule has 4 heteroatoms. The lowest BCUT2D eigenvalue weighted by Crippen LogP contribution is -2.28. The number of hydrogen-bond acceptors (Lipinski definition) is 2. The van der Waals surface area contributed by atoms with Crippen molar-refractivity contribution in [3.63, 3.8) is 0 Å². The first-order valence-electron chi connectivity index (χ1n) is 7.04. The van der Waals surface area contributed by atoms with Gasteiger partial charge in [0, 0.05) is 22.5 Å². The summed E-state index contributed by atoms with van der Waals surface area (Å²) in [7, 11) is 1.86. The monoisotopic (exact) mass is 305 g/mol. The van der Waals surface area contributed by atoms with Crippen LogP contribution < -0.4 is 10.1 Å². The molecule has 0 spiro atoms. The average Bonchev–Trinajstić information content (AvgIpc) is 2.50. The number of halogens is 2. The SMILES string of the molecule is CNC(c1ccc(Cl)cc1F)C1CCOc2ccccc21. The Kier molecular flexibility index (Phi) is 4.13. The molecule has 0 radical (unpaired) electrons. The fourth-order valence-corrected chi connectivity index (χ4v) is 3.20. The lowest BCUT2D eigenvalue weighted by atomic mass is 9.83. The van der Waals surface area contributed by atoms with Gasteiger partial charge in [0.2, 0.25) is 0 Å². The van der Waals surface area contributed by atoms with Crippen LogP contribution in [0.3, 0.4) is 0 Å². The Morgan fingerprint density at radius 2 is 2.10 bits per heavy atom. The molecule has 0 saturated carbocycles. The predicted octanol–water partition coefficient (Wildman–Crippen LogP) is 4.31. The zero-order valence-corrected chi connectivity index (χ0v) is 12.5. The van der Waals surface area contributed by atoms with Crippen molar-refractivity contribution in [2.45, 2.75) is 18.4 Å². The molecule has 0 aliphatic carbocycles. The van der Waals surface area contributed by atoms with Gasteiger partial charge in [0.15, 0.2) is 0 Å². The summed E-state index contributed by atoms with van der Waals surface area (Å²) >= 11 is 5.85. The van der Waals surface area contributed by atoms with Gasteiger partial charge >= 0.3 is 0 Å². The third kappa shape index (κ3) is 2.76. The number of ether oxygens (including phenoxy) is 1.